The van der Waals surface area contributed by atoms with Gasteiger partial charge in [0.1, 0.15) is 0 Å². The van der Waals surface area contributed by atoms with E-state index >= 15 is 0 Å². The van der Waals surface area contributed by atoms with Crippen LogP contribution < -0.4 is 11.3 Å². The molecule has 0 saturated heterocycles. The summed E-state index contributed by atoms with van der Waals surface area (Å²) >= 11 is 15.6. The third-order valence-electron chi connectivity index (χ3n) is 2.93. The monoisotopic (exact) mass is 358 g/mol. The highest BCUT2D eigenvalue weighted by Crippen LogP contribution is 2.28. The van der Waals surface area contributed by atoms with E-state index in [1.807, 2.05) is 42.5 Å². The Balaban J connectivity index is 2.25. The minimum absolute atomic E-state index is 0.0199. The molecule has 0 aliphatic rings. The van der Waals surface area contributed by atoms with Gasteiger partial charge < -0.3 is 0 Å². The molecule has 0 saturated carbocycles. The van der Waals surface area contributed by atoms with Crippen LogP contribution in [0.4, 0.5) is 0 Å². The first-order valence-electron chi connectivity index (χ1n) is 5.76. The lowest BCUT2D eigenvalue weighted by Gasteiger charge is -2.17. The summed E-state index contributed by atoms with van der Waals surface area (Å²) in [5.74, 6) is 5.65. The zero-order valence-corrected chi connectivity index (χ0v) is 13.1. The standard InChI is InChI=1S/C14H13BrCl2N2/c15-11-7-10(5-6-13(11)17)14(19-18)8-9-3-1-2-4-12(9)16/h1-7,14,19H,8,18H2. The van der Waals surface area contributed by atoms with Crippen LogP contribution in [0.5, 0.6) is 0 Å². The van der Waals surface area contributed by atoms with E-state index in [0.29, 0.717) is 11.4 Å². The van der Waals surface area contributed by atoms with Crippen molar-refractivity contribution in [3.8, 4) is 0 Å². The minimum atomic E-state index is -0.0199. The molecule has 0 amide bonds. The smallest absolute Gasteiger partial charge is 0.0548 e. The van der Waals surface area contributed by atoms with Gasteiger partial charge in [-0.3, -0.25) is 11.3 Å². The van der Waals surface area contributed by atoms with E-state index in [2.05, 4.69) is 21.4 Å². The predicted molar refractivity (Wildman–Crippen MR) is 84.4 cm³/mol. The first kappa shape index (κ1) is 14.8. The van der Waals surface area contributed by atoms with Gasteiger partial charge >= 0.3 is 0 Å². The quantitative estimate of drug-likeness (QED) is 0.622. The molecule has 2 aromatic carbocycles. The van der Waals surface area contributed by atoms with Gasteiger partial charge in [-0.25, -0.2) is 0 Å². The van der Waals surface area contributed by atoms with E-state index in [-0.39, 0.29) is 6.04 Å². The topological polar surface area (TPSA) is 38.0 Å². The number of benzene rings is 2. The van der Waals surface area contributed by atoms with Gasteiger partial charge in [-0.2, -0.15) is 0 Å². The molecule has 0 bridgehead atoms. The number of halogens is 3. The highest BCUT2D eigenvalue weighted by molar-refractivity contribution is 9.10. The average Bonchev–Trinajstić information content (AvgIpc) is 2.41. The summed E-state index contributed by atoms with van der Waals surface area (Å²) in [4.78, 5) is 0. The van der Waals surface area contributed by atoms with Gasteiger partial charge in [-0.15, -0.1) is 0 Å². The van der Waals surface area contributed by atoms with Crippen LogP contribution >= 0.6 is 39.1 Å². The molecular formula is C14H13BrCl2N2. The predicted octanol–water partition coefficient (Wildman–Crippen LogP) is 4.50. The fourth-order valence-corrected chi connectivity index (χ4v) is 2.61. The largest absolute Gasteiger partial charge is 0.271 e. The molecule has 0 aliphatic carbocycles. The number of rotatable bonds is 4. The summed E-state index contributed by atoms with van der Waals surface area (Å²) in [6.07, 6.45) is 0.713. The van der Waals surface area contributed by atoms with E-state index in [9.17, 15) is 0 Å². The zero-order valence-electron chi connectivity index (χ0n) is 10.0. The van der Waals surface area contributed by atoms with E-state index in [4.69, 9.17) is 29.0 Å². The summed E-state index contributed by atoms with van der Waals surface area (Å²) < 4.78 is 0.853. The Kier molecular flexibility index (Phi) is 5.25. The number of nitrogens with two attached hydrogens (primary N) is 1. The molecule has 19 heavy (non-hydrogen) atoms. The zero-order chi connectivity index (χ0) is 13.8. The van der Waals surface area contributed by atoms with E-state index in [1.54, 1.807) is 0 Å². The van der Waals surface area contributed by atoms with Crippen molar-refractivity contribution in [3.63, 3.8) is 0 Å². The summed E-state index contributed by atoms with van der Waals surface area (Å²) in [5.41, 5.74) is 4.93. The molecular weight excluding hydrogens is 347 g/mol. The Bertz CT molecular complexity index is 575. The van der Waals surface area contributed by atoms with Crippen molar-refractivity contribution in [3.05, 3.63) is 68.1 Å². The number of hydrogen-bond acceptors (Lipinski definition) is 2. The second-order valence-corrected chi connectivity index (χ2v) is 5.86. The van der Waals surface area contributed by atoms with Crippen molar-refractivity contribution in [2.24, 2.45) is 5.84 Å². The molecule has 100 valence electrons. The van der Waals surface area contributed by atoms with Crippen molar-refractivity contribution in [2.75, 3.05) is 0 Å². The average molecular weight is 360 g/mol. The maximum absolute atomic E-state index is 6.17. The summed E-state index contributed by atoms with van der Waals surface area (Å²) in [6, 6.07) is 13.5. The molecule has 0 heterocycles. The Labute approximate surface area is 131 Å². The lowest BCUT2D eigenvalue weighted by molar-refractivity contribution is 0.552. The molecule has 0 aliphatic heterocycles. The van der Waals surface area contributed by atoms with Gasteiger partial charge in [0.25, 0.3) is 0 Å². The number of hydrazine groups is 1. The minimum Gasteiger partial charge on any atom is -0.271 e. The Hall–Kier alpha value is -0.580. The summed E-state index contributed by atoms with van der Waals surface area (Å²) in [7, 11) is 0. The van der Waals surface area contributed by atoms with Crippen molar-refractivity contribution < 1.29 is 0 Å². The normalized spacial score (nSPS) is 12.4. The molecule has 5 heteroatoms. The second-order valence-electron chi connectivity index (χ2n) is 4.19. The van der Waals surface area contributed by atoms with Crippen LogP contribution in [-0.4, -0.2) is 0 Å². The molecule has 3 N–H and O–H groups in total. The van der Waals surface area contributed by atoms with Gasteiger partial charge in [0, 0.05) is 9.50 Å². The summed E-state index contributed by atoms with van der Waals surface area (Å²) in [6.45, 7) is 0. The van der Waals surface area contributed by atoms with Gasteiger partial charge in [-0.05, 0) is 51.7 Å². The Morgan fingerprint density at radius 2 is 1.84 bits per heavy atom. The third-order valence-corrected chi connectivity index (χ3v) is 4.51. The van der Waals surface area contributed by atoms with Crippen molar-refractivity contribution >= 4 is 39.1 Å². The van der Waals surface area contributed by atoms with E-state index < -0.39 is 0 Å². The summed E-state index contributed by atoms with van der Waals surface area (Å²) in [5, 5.41) is 1.42. The molecule has 0 radical (unpaired) electrons. The van der Waals surface area contributed by atoms with E-state index in [1.165, 1.54) is 0 Å². The molecule has 0 spiro atoms. The highest BCUT2D eigenvalue weighted by Gasteiger charge is 2.13. The van der Waals surface area contributed by atoms with Gasteiger partial charge in [0.15, 0.2) is 0 Å². The van der Waals surface area contributed by atoms with Crippen LogP contribution in [0.1, 0.15) is 17.2 Å². The van der Waals surface area contributed by atoms with Crippen LogP contribution in [-0.2, 0) is 6.42 Å². The third kappa shape index (κ3) is 3.71. The van der Waals surface area contributed by atoms with Crippen molar-refractivity contribution in [1.29, 1.82) is 0 Å². The van der Waals surface area contributed by atoms with Gasteiger partial charge in [0.05, 0.1) is 11.1 Å². The van der Waals surface area contributed by atoms with Gasteiger partial charge in [-0.1, -0.05) is 47.5 Å². The van der Waals surface area contributed by atoms with Crippen LogP contribution in [0.15, 0.2) is 46.9 Å². The second kappa shape index (κ2) is 6.73. The number of hydrogen-bond donors (Lipinski definition) is 2. The van der Waals surface area contributed by atoms with Crippen molar-refractivity contribution in [1.82, 2.24) is 5.43 Å². The number of nitrogens with one attached hydrogen (secondary N) is 1. The first-order valence-corrected chi connectivity index (χ1v) is 7.31. The highest BCUT2D eigenvalue weighted by atomic mass is 79.9. The molecule has 1 atom stereocenters. The lowest BCUT2D eigenvalue weighted by Crippen LogP contribution is -2.29. The van der Waals surface area contributed by atoms with Crippen LogP contribution in [0.2, 0.25) is 10.0 Å². The van der Waals surface area contributed by atoms with Crippen LogP contribution in [0.25, 0.3) is 0 Å². The Morgan fingerprint density at radius 1 is 1.11 bits per heavy atom. The molecule has 0 aromatic heterocycles. The molecule has 2 rings (SSSR count). The lowest BCUT2D eigenvalue weighted by atomic mass is 9.99. The first-order chi connectivity index (χ1) is 9.11. The maximum Gasteiger partial charge on any atom is 0.0548 e. The fraction of sp³-hybridized carbons (Fsp3) is 0.143. The van der Waals surface area contributed by atoms with Crippen LogP contribution in [0.3, 0.4) is 0 Å². The van der Waals surface area contributed by atoms with E-state index in [0.717, 1.165) is 20.6 Å². The SMILES string of the molecule is NNC(Cc1ccccc1Cl)c1ccc(Cl)c(Br)c1. The molecule has 2 nitrogen and oxygen atoms in total. The van der Waals surface area contributed by atoms with Gasteiger partial charge in [0.2, 0.25) is 0 Å². The molecule has 2 aromatic rings. The van der Waals surface area contributed by atoms with Crippen LogP contribution in [0, 0.1) is 0 Å². The maximum atomic E-state index is 6.17. The molecule has 0 fully saturated rings. The Morgan fingerprint density at radius 3 is 2.47 bits per heavy atom. The van der Waals surface area contributed by atoms with Crippen molar-refractivity contribution in [2.45, 2.75) is 12.5 Å². The molecule has 1 unspecified atom stereocenters. The fourth-order valence-electron chi connectivity index (χ4n) is 1.89.